The Kier molecular flexibility index (Phi) is 6.89. The summed E-state index contributed by atoms with van der Waals surface area (Å²) in [4.78, 5) is 12.6. The number of hydrogen-bond donors (Lipinski definition) is 2. The van der Waals surface area contributed by atoms with Crippen molar-refractivity contribution in [2.24, 2.45) is 0 Å². The second-order valence-corrected chi connectivity index (χ2v) is 7.97. The Balaban J connectivity index is 1.54. The average molecular weight is 453 g/mol. The van der Waals surface area contributed by atoms with Crippen molar-refractivity contribution in [3.05, 3.63) is 129 Å². The monoisotopic (exact) mass is 452 g/mol. The number of anilines is 1. The third-order valence-electron chi connectivity index (χ3n) is 5.40. The summed E-state index contributed by atoms with van der Waals surface area (Å²) in [6.07, 6.45) is 3.87. The highest BCUT2D eigenvalue weighted by Gasteiger charge is 2.10. The summed E-state index contributed by atoms with van der Waals surface area (Å²) in [5.74, 6) is 0.447. The Morgan fingerprint density at radius 1 is 0.706 bits per heavy atom. The van der Waals surface area contributed by atoms with Crippen molar-refractivity contribution in [2.75, 3.05) is 4.90 Å². The minimum absolute atomic E-state index is 0.0695. The van der Waals surface area contributed by atoms with Crippen LogP contribution in [0.5, 0.6) is 11.5 Å². The van der Waals surface area contributed by atoms with Crippen LogP contribution in [0.4, 0.5) is 11.4 Å². The van der Waals surface area contributed by atoms with E-state index in [2.05, 4.69) is 4.90 Å². The lowest BCUT2D eigenvalue weighted by Gasteiger charge is -2.25. The maximum Gasteiger partial charge on any atom is 0.269 e. The number of rotatable bonds is 8. The molecule has 0 fully saturated rings. The summed E-state index contributed by atoms with van der Waals surface area (Å²) >= 11 is 0. The Labute approximate surface area is 197 Å². The van der Waals surface area contributed by atoms with E-state index >= 15 is 0 Å². The van der Waals surface area contributed by atoms with E-state index in [-0.39, 0.29) is 17.2 Å². The van der Waals surface area contributed by atoms with Gasteiger partial charge in [-0.25, -0.2) is 0 Å². The zero-order chi connectivity index (χ0) is 23.9. The van der Waals surface area contributed by atoms with Gasteiger partial charge in [0.2, 0.25) is 0 Å². The van der Waals surface area contributed by atoms with Gasteiger partial charge in [0.15, 0.2) is 0 Å². The van der Waals surface area contributed by atoms with E-state index in [1.165, 1.54) is 12.1 Å². The topological polar surface area (TPSA) is 86.8 Å². The molecule has 0 saturated heterocycles. The van der Waals surface area contributed by atoms with Gasteiger partial charge in [0, 0.05) is 30.9 Å². The maximum absolute atomic E-state index is 10.8. The van der Waals surface area contributed by atoms with Gasteiger partial charge in [0.1, 0.15) is 11.5 Å². The molecule has 0 aliphatic rings. The first-order valence-electron chi connectivity index (χ1n) is 10.8. The molecule has 34 heavy (non-hydrogen) atoms. The van der Waals surface area contributed by atoms with E-state index in [4.69, 9.17) is 0 Å². The number of nitrogens with zero attached hydrogens (tertiary/aromatic N) is 2. The molecule has 6 nitrogen and oxygen atoms in total. The van der Waals surface area contributed by atoms with Gasteiger partial charge in [-0.15, -0.1) is 0 Å². The summed E-state index contributed by atoms with van der Waals surface area (Å²) in [6.45, 7) is 1.17. The Hall–Kier alpha value is -4.58. The van der Waals surface area contributed by atoms with Gasteiger partial charge in [-0.1, -0.05) is 48.6 Å². The molecule has 0 heterocycles. The second kappa shape index (κ2) is 10.4. The zero-order valence-electron chi connectivity index (χ0n) is 18.4. The maximum atomic E-state index is 10.8. The van der Waals surface area contributed by atoms with E-state index in [0.717, 1.165) is 27.9 Å². The quantitative estimate of drug-likeness (QED) is 0.184. The van der Waals surface area contributed by atoms with Gasteiger partial charge in [0.25, 0.3) is 5.69 Å². The van der Waals surface area contributed by atoms with Gasteiger partial charge < -0.3 is 15.1 Å². The molecule has 4 rings (SSSR count). The smallest absolute Gasteiger partial charge is 0.269 e. The van der Waals surface area contributed by atoms with Crippen molar-refractivity contribution in [3.8, 4) is 11.5 Å². The lowest BCUT2D eigenvalue weighted by molar-refractivity contribution is -0.384. The number of benzene rings is 4. The molecule has 0 saturated carbocycles. The molecule has 0 amide bonds. The fourth-order valence-corrected chi connectivity index (χ4v) is 3.68. The predicted octanol–water partition coefficient (Wildman–Crippen LogP) is 6.38. The third kappa shape index (κ3) is 6.01. The van der Waals surface area contributed by atoms with Crippen LogP contribution in [0.15, 0.2) is 97.1 Å². The van der Waals surface area contributed by atoms with Crippen LogP contribution in [-0.2, 0) is 13.1 Å². The van der Waals surface area contributed by atoms with Crippen LogP contribution in [0.1, 0.15) is 22.3 Å². The van der Waals surface area contributed by atoms with Gasteiger partial charge in [-0.3, -0.25) is 10.1 Å². The highest BCUT2D eigenvalue weighted by molar-refractivity contribution is 5.71. The third-order valence-corrected chi connectivity index (χ3v) is 5.40. The summed E-state index contributed by atoms with van der Waals surface area (Å²) in [5, 5.41) is 30.5. The van der Waals surface area contributed by atoms with E-state index in [1.807, 2.05) is 60.7 Å². The molecule has 0 aliphatic heterocycles. The predicted molar refractivity (Wildman–Crippen MR) is 135 cm³/mol. The Morgan fingerprint density at radius 2 is 1.18 bits per heavy atom. The molecule has 0 aromatic heterocycles. The van der Waals surface area contributed by atoms with E-state index in [9.17, 15) is 20.3 Å². The normalized spacial score (nSPS) is 10.9. The fraction of sp³-hybridized carbons (Fsp3) is 0.0714. The molecule has 0 atom stereocenters. The van der Waals surface area contributed by atoms with Crippen LogP contribution in [0.2, 0.25) is 0 Å². The van der Waals surface area contributed by atoms with Crippen LogP contribution in [0.25, 0.3) is 12.2 Å². The molecule has 6 heteroatoms. The standard InChI is InChI=1S/C28H24N2O4/c31-27-5-1-3-23(17-27)19-29(20-24-4-2-6-28(32)18-24)25-13-9-21(10-14-25)7-8-22-11-15-26(16-12-22)30(33)34/h1-18,31-32H,19-20H2/b8-7+. The minimum atomic E-state index is -0.411. The molecule has 2 N–H and O–H groups in total. The van der Waals surface area contributed by atoms with Crippen LogP contribution in [0.3, 0.4) is 0 Å². The van der Waals surface area contributed by atoms with E-state index in [1.54, 1.807) is 36.4 Å². The molecule has 0 aliphatic carbocycles. The van der Waals surface area contributed by atoms with Gasteiger partial charge in [0.05, 0.1) is 4.92 Å². The van der Waals surface area contributed by atoms with Gasteiger partial charge >= 0.3 is 0 Å². The molecule has 0 spiro atoms. The van der Waals surface area contributed by atoms with Crippen molar-refractivity contribution >= 4 is 23.5 Å². The first kappa shape index (κ1) is 22.6. The zero-order valence-corrected chi connectivity index (χ0v) is 18.4. The number of nitro groups is 1. The van der Waals surface area contributed by atoms with Crippen molar-refractivity contribution in [1.29, 1.82) is 0 Å². The highest BCUT2D eigenvalue weighted by atomic mass is 16.6. The lowest BCUT2D eigenvalue weighted by atomic mass is 10.1. The van der Waals surface area contributed by atoms with Crippen molar-refractivity contribution in [2.45, 2.75) is 13.1 Å². The number of non-ortho nitro benzene ring substituents is 1. The fourth-order valence-electron chi connectivity index (χ4n) is 3.68. The summed E-state index contributed by atoms with van der Waals surface area (Å²) < 4.78 is 0. The Morgan fingerprint density at radius 3 is 1.62 bits per heavy atom. The number of hydrogen-bond acceptors (Lipinski definition) is 5. The number of aromatic hydroxyl groups is 2. The molecule has 0 unspecified atom stereocenters. The molecule has 170 valence electrons. The van der Waals surface area contributed by atoms with Gasteiger partial charge in [-0.2, -0.15) is 0 Å². The van der Waals surface area contributed by atoms with Crippen LogP contribution < -0.4 is 4.90 Å². The minimum Gasteiger partial charge on any atom is -0.508 e. The molecule has 0 radical (unpaired) electrons. The molecule has 0 bridgehead atoms. The van der Waals surface area contributed by atoms with E-state index in [0.29, 0.717) is 13.1 Å². The lowest BCUT2D eigenvalue weighted by Crippen LogP contribution is -2.22. The summed E-state index contributed by atoms with van der Waals surface area (Å²) in [6, 6.07) is 28.9. The van der Waals surface area contributed by atoms with E-state index < -0.39 is 4.92 Å². The van der Waals surface area contributed by atoms with Crippen molar-refractivity contribution in [3.63, 3.8) is 0 Å². The first-order chi connectivity index (χ1) is 16.5. The van der Waals surface area contributed by atoms with Gasteiger partial charge in [-0.05, 0) is 70.8 Å². The summed E-state index contributed by atoms with van der Waals surface area (Å²) in [7, 11) is 0. The SMILES string of the molecule is O=[N+]([O-])c1ccc(/C=C/c2ccc(N(Cc3cccc(O)c3)Cc3cccc(O)c3)cc2)cc1. The largest absolute Gasteiger partial charge is 0.508 e. The van der Waals surface area contributed by atoms with Crippen LogP contribution >= 0.6 is 0 Å². The van der Waals surface area contributed by atoms with Crippen molar-refractivity contribution in [1.82, 2.24) is 0 Å². The Bertz CT molecular complexity index is 1250. The van der Waals surface area contributed by atoms with Crippen LogP contribution in [0, 0.1) is 10.1 Å². The number of phenols is 2. The molecular weight excluding hydrogens is 428 g/mol. The number of nitro benzene ring substituents is 1. The highest BCUT2D eigenvalue weighted by Crippen LogP contribution is 2.24. The molecular formula is C28H24N2O4. The molecule has 4 aromatic rings. The number of phenolic OH excluding ortho intramolecular Hbond substituents is 2. The van der Waals surface area contributed by atoms with Crippen molar-refractivity contribution < 1.29 is 15.1 Å². The average Bonchev–Trinajstić information content (AvgIpc) is 2.83. The second-order valence-electron chi connectivity index (χ2n) is 7.97. The summed E-state index contributed by atoms with van der Waals surface area (Å²) in [5.41, 5.74) is 4.89. The first-order valence-corrected chi connectivity index (χ1v) is 10.8. The van der Waals surface area contributed by atoms with Crippen LogP contribution in [-0.4, -0.2) is 15.1 Å². The molecule has 4 aromatic carbocycles.